The number of hydrogen-bond donors (Lipinski definition) is 1. The summed E-state index contributed by atoms with van der Waals surface area (Å²) in [6.07, 6.45) is 5.43. The highest BCUT2D eigenvalue weighted by molar-refractivity contribution is 7.92. The van der Waals surface area contributed by atoms with Crippen molar-refractivity contribution in [1.82, 2.24) is 9.80 Å². The van der Waals surface area contributed by atoms with Gasteiger partial charge < -0.3 is 9.80 Å². The molecule has 2 aliphatic heterocycles. The van der Waals surface area contributed by atoms with E-state index >= 15 is 0 Å². The number of nitrogens with zero attached hydrogens (tertiary/aromatic N) is 2. The molecule has 0 aromatic heterocycles. The number of sulfonamides is 1. The number of hydrogen-bond acceptors (Lipinski definition) is 4. The van der Waals surface area contributed by atoms with Gasteiger partial charge in [-0.25, -0.2) is 12.8 Å². The predicted octanol–water partition coefficient (Wildman–Crippen LogP) is 3.56. The van der Waals surface area contributed by atoms with Crippen LogP contribution in [0, 0.1) is 5.82 Å². The lowest BCUT2D eigenvalue weighted by molar-refractivity contribution is 0.0704. The Labute approximate surface area is 183 Å². The largest absolute Gasteiger partial charge is 0.334 e. The van der Waals surface area contributed by atoms with Gasteiger partial charge in [0, 0.05) is 24.8 Å². The first kappa shape index (κ1) is 21.8. The second-order valence-corrected chi connectivity index (χ2v) is 10.2. The van der Waals surface area contributed by atoms with Gasteiger partial charge >= 0.3 is 0 Å². The number of likely N-dealkylation sites (tertiary alicyclic amines) is 2. The molecule has 2 heterocycles. The monoisotopic (exact) mass is 445 g/mol. The molecule has 4 rings (SSSR count). The van der Waals surface area contributed by atoms with E-state index in [1.54, 1.807) is 36.4 Å². The molecule has 0 spiro atoms. The molecule has 2 saturated heterocycles. The van der Waals surface area contributed by atoms with E-state index in [4.69, 9.17) is 0 Å². The number of benzene rings is 2. The van der Waals surface area contributed by atoms with Crippen LogP contribution in [0.15, 0.2) is 42.5 Å². The van der Waals surface area contributed by atoms with Crippen molar-refractivity contribution in [3.63, 3.8) is 0 Å². The molecule has 0 bridgehead atoms. The maximum atomic E-state index is 14.9. The maximum Gasteiger partial charge on any atom is 0.257 e. The van der Waals surface area contributed by atoms with E-state index in [-0.39, 0.29) is 17.5 Å². The Morgan fingerprint density at radius 2 is 1.71 bits per heavy atom. The van der Waals surface area contributed by atoms with Crippen LogP contribution in [0.3, 0.4) is 0 Å². The highest BCUT2D eigenvalue weighted by Gasteiger charge is 2.32. The third kappa shape index (κ3) is 5.25. The van der Waals surface area contributed by atoms with Crippen molar-refractivity contribution >= 4 is 21.6 Å². The number of carbonyl (C=O) groups excluding carboxylic acids is 1. The molecule has 1 atom stereocenters. The molecule has 0 saturated carbocycles. The van der Waals surface area contributed by atoms with E-state index in [0.717, 1.165) is 44.3 Å². The summed E-state index contributed by atoms with van der Waals surface area (Å²) in [6, 6.07) is 11.5. The number of carbonyl (C=O) groups is 1. The fraction of sp³-hybridized carbons (Fsp3) is 0.435. The summed E-state index contributed by atoms with van der Waals surface area (Å²) in [6.45, 7) is 3.72. The normalized spacial score (nSPS) is 19.7. The van der Waals surface area contributed by atoms with Crippen molar-refractivity contribution in [3.05, 3.63) is 53.8 Å². The standard InChI is InChI=1S/C23H28FN3O3S/c1-31(29,30)25-19-9-6-17(7-10-19)18-8-11-21(22(24)15-18)23(28)27-14-4-5-20(27)16-26-12-2-3-13-26/h6-11,15,20,25H,2-5,12-14,16H2,1H3/t20-/m0/s1. The summed E-state index contributed by atoms with van der Waals surface area (Å²) >= 11 is 0. The van der Waals surface area contributed by atoms with E-state index < -0.39 is 15.8 Å². The first-order valence-corrected chi connectivity index (χ1v) is 12.6. The number of anilines is 1. The van der Waals surface area contributed by atoms with E-state index in [0.29, 0.717) is 17.8 Å². The van der Waals surface area contributed by atoms with Gasteiger partial charge in [-0.05, 0) is 74.2 Å². The highest BCUT2D eigenvalue weighted by Crippen LogP contribution is 2.27. The molecule has 8 heteroatoms. The van der Waals surface area contributed by atoms with Crippen LogP contribution in [-0.4, -0.2) is 62.6 Å². The van der Waals surface area contributed by atoms with Crippen LogP contribution in [0.5, 0.6) is 0 Å². The van der Waals surface area contributed by atoms with Crippen LogP contribution in [0.25, 0.3) is 11.1 Å². The van der Waals surface area contributed by atoms with Crippen molar-refractivity contribution < 1.29 is 17.6 Å². The lowest BCUT2D eigenvalue weighted by Gasteiger charge is -2.28. The average Bonchev–Trinajstić information content (AvgIpc) is 3.39. The average molecular weight is 446 g/mol. The summed E-state index contributed by atoms with van der Waals surface area (Å²) in [5.74, 6) is -0.772. The Morgan fingerprint density at radius 1 is 1.03 bits per heavy atom. The molecule has 1 amide bonds. The second kappa shape index (κ2) is 8.96. The summed E-state index contributed by atoms with van der Waals surface area (Å²) in [5, 5.41) is 0. The zero-order chi connectivity index (χ0) is 22.0. The van der Waals surface area contributed by atoms with Crippen LogP contribution in [0.2, 0.25) is 0 Å². The van der Waals surface area contributed by atoms with Gasteiger partial charge in [-0.15, -0.1) is 0 Å². The lowest BCUT2D eigenvalue weighted by Crippen LogP contribution is -2.42. The molecule has 2 aliphatic rings. The van der Waals surface area contributed by atoms with Gasteiger partial charge in [0.15, 0.2) is 0 Å². The maximum absolute atomic E-state index is 14.9. The molecular formula is C23H28FN3O3S. The van der Waals surface area contributed by atoms with Crippen LogP contribution >= 0.6 is 0 Å². The van der Waals surface area contributed by atoms with Crippen molar-refractivity contribution in [2.45, 2.75) is 31.7 Å². The minimum atomic E-state index is -3.35. The molecule has 0 radical (unpaired) electrons. The van der Waals surface area contributed by atoms with Crippen LogP contribution < -0.4 is 4.72 Å². The smallest absolute Gasteiger partial charge is 0.257 e. The third-order valence-electron chi connectivity index (χ3n) is 6.03. The lowest BCUT2D eigenvalue weighted by atomic mass is 10.0. The Morgan fingerprint density at radius 3 is 2.35 bits per heavy atom. The Kier molecular flexibility index (Phi) is 6.29. The molecule has 6 nitrogen and oxygen atoms in total. The number of rotatable bonds is 6. The van der Waals surface area contributed by atoms with E-state index in [9.17, 15) is 17.6 Å². The minimum absolute atomic E-state index is 0.104. The molecule has 0 aliphatic carbocycles. The highest BCUT2D eigenvalue weighted by atomic mass is 32.2. The summed E-state index contributed by atoms with van der Waals surface area (Å²) < 4.78 is 40.0. The molecular weight excluding hydrogens is 417 g/mol. The molecule has 2 fully saturated rings. The quantitative estimate of drug-likeness (QED) is 0.738. The predicted molar refractivity (Wildman–Crippen MR) is 120 cm³/mol. The van der Waals surface area contributed by atoms with Crippen LogP contribution in [0.1, 0.15) is 36.0 Å². The van der Waals surface area contributed by atoms with Gasteiger partial charge in [-0.2, -0.15) is 0 Å². The Hall–Kier alpha value is -2.45. The van der Waals surface area contributed by atoms with E-state index in [1.807, 2.05) is 4.90 Å². The minimum Gasteiger partial charge on any atom is -0.334 e. The Bertz CT molecular complexity index is 1050. The SMILES string of the molecule is CS(=O)(=O)Nc1ccc(-c2ccc(C(=O)N3CCC[C@H]3CN3CCCC3)c(F)c2)cc1. The summed E-state index contributed by atoms with van der Waals surface area (Å²) in [5.41, 5.74) is 1.92. The van der Waals surface area contributed by atoms with Crippen molar-refractivity contribution in [1.29, 1.82) is 0 Å². The molecule has 166 valence electrons. The fourth-order valence-electron chi connectivity index (χ4n) is 4.52. The van der Waals surface area contributed by atoms with Crippen molar-refractivity contribution in [2.75, 3.05) is 37.2 Å². The molecule has 1 N–H and O–H groups in total. The van der Waals surface area contributed by atoms with Gasteiger partial charge in [0.05, 0.1) is 11.8 Å². The molecule has 0 unspecified atom stereocenters. The van der Waals surface area contributed by atoms with Crippen molar-refractivity contribution in [2.24, 2.45) is 0 Å². The van der Waals surface area contributed by atoms with Gasteiger partial charge in [-0.1, -0.05) is 18.2 Å². The van der Waals surface area contributed by atoms with Crippen LogP contribution in [0.4, 0.5) is 10.1 Å². The third-order valence-corrected chi connectivity index (χ3v) is 6.63. The fourth-order valence-corrected chi connectivity index (χ4v) is 5.09. The number of amides is 1. The van der Waals surface area contributed by atoms with Gasteiger partial charge in [-0.3, -0.25) is 9.52 Å². The summed E-state index contributed by atoms with van der Waals surface area (Å²) in [7, 11) is -3.35. The topological polar surface area (TPSA) is 69.7 Å². The number of nitrogens with one attached hydrogen (secondary N) is 1. The Balaban J connectivity index is 1.48. The van der Waals surface area contributed by atoms with Gasteiger partial charge in [0.2, 0.25) is 10.0 Å². The zero-order valence-corrected chi connectivity index (χ0v) is 18.5. The molecule has 31 heavy (non-hydrogen) atoms. The summed E-state index contributed by atoms with van der Waals surface area (Å²) in [4.78, 5) is 17.3. The van der Waals surface area contributed by atoms with E-state index in [2.05, 4.69) is 9.62 Å². The van der Waals surface area contributed by atoms with E-state index in [1.165, 1.54) is 18.9 Å². The number of halogens is 1. The zero-order valence-electron chi connectivity index (χ0n) is 17.7. The van der Waals surface area contributed by atoms with Crippen LogP contribution in [-0.2, 0) is 10.0 Å². The molecule has 2 aromatic carbocycles. The first-order valence-electron chi connectivity index (χ1n) is 10.7. The molecule has 2 aromatic rings. The van der Waals surface area contributed by atoms with Gasteiger partial charge in [0.1, 0.15) is 5.82 Å². The second-order valence-electron chi connectivity index (χ2n) is 8.45. The first-order chi connectivity index (χ1) is 14.8. The van der Waals surface area contributed by atoms with Gasteiger partial charge in [0.25, 0.3) is 5.91 Å². The van der Waals surface area contributed by atoms with Crippen molar-refractivity contribution in [3.8, 4) is 11.1 Å².